The lowest BCUT2D eigenvalue weighted by atomic mass is 10.1. The van der Waals surface area contributed by atoms with Crippen LogP contribution in [0.4, 0.5) is 0 Å². The maximum atomic E-state index is 11.5. The van der Waals surface area contributed by atoms with Crippen molar-refractivity contribution in [2.75, 3.05) is 59.1 Å². The van der Waals surface area contributed by atoms with Gasteiger partial charge in [0.25, 0.3) is 5.09 Å². The van der Waals surface area contributed by atoms with E-state index in [0.717, 1.165) is 88.2 Å². The van der Waals surface area contributed by atoms with E-state index in [2.05, 4.69) is 32.9 Å². The van der Waals surface area contributed by atoms with Gasteiger partial charge < -0.3 is 24.1 Å². The summed E-state index contributed by atoms with van der Waals surface area (Å²) in [6, 6.07) is 7.55. The van der Waals surface area contributed by atoms with Gasteiger partial charge in [0.2, 0.25) is 0 Å². The van der Waals surface area contributed by atoms with Crippen LogP contribution in [-0.2, 0) is 14.4 Å². The molecule has 3 rings (SSSR count). The van der Waals surface area contributed by atoms with Gasteiger partial charge >= 0.3 is 5.97 Å². The average Bonchev–Trinajstić information content (AvgIpc) is 3.50. The second-order valence-corrected chi connectivity index (χ2v) is 11.1. The molecular weight excluding hydrogens is 558 g/mol. The van der Waals surface area contributed by atoms with E-state index in [-0.39, 0.29) is 12.6 Å². The highest BCUT2D eigenvalue weighted by atomic mass is 35.5. The number of carbonyl (C=O) groups excluding carboxylic acids is 1. The van der Waals surface area contributed by atoms with Crippen LogP contribution in [-0.4, -0.2) is 79.9 Å². The van der Waals surface area contributed by atoms with Gasteiger partial charge in [-0.1, -0.05) is 54.8 Å². The first-order valence-corrected chi connectivity index (χ1v) is 15.9. The molecule has 0 spiro atoms. The molecule has 1 aromatic carbocycles. The monoisotopic (exact) mass is 607 g/mol. The summed E-state index contributed by atoms with van der Waals surface area (Å²) in [5.41, 5.74) is 0. The minimum atomic E-state index is -0.743. The van der Waals surface area contributed by atoms with E-state index in [1.165, 1.54) is 25.7 Å². The smallest absolute Gasteiger partial charge is 0.305 e. The standard InChI is InChI=1S/C17H31N3O5.C15H19ClO/c1-2-3-4-5-8-17(21)24-15-6-9-18-11-13-19(14-12-18)10-7-16-25-20(22)23;16-14-9-5-10-15(12-14)17-11-4-3-8-13-6-1-2-7-13/h2-3H,4-16H2,1H3;3,5,8-10,12-13H,1-2,4,6-7,11H2/b3-2-;8-3+. The summed E-state index contributed by atoms with van der Waals surface area (Å²) in [6.07, 6.45) is 18.9. The molecule has 1 saturated heterocycles. The first kappa shape index (κ1) is 35.6. The van der Waals surface area contributed by atoms with Crippen LogP contribution in [0.15, 0.2) is 48.6 Å². The molecule has 0 amide bonds. The molecule has 0 N–H and O–H groups in total. The minimum Gasteiger partial charge on any atom is -0.493 e. The third-order valence-corrected chi connectivity index (χ3v) is 7.54. The second-order valence-electron chi connectivity index (χ2n) is 10.7. The highest BCUT2D eigenvalue weighted by Gasteiger charge is 2.16. The van der Waals surface area contributed by atoms with Gasteiger partial charge in [0.15, 0.2) is 0 Å². The Bertz CT molecular complexity index is 931. The fourth-order valence-electron chi connectivity index (χ4n) is 4.98. The Morgan fingerprint density at radius 3 is 2.33 bits per heavy atom. The quantitative estimate of drug-likeness (QED) is 0.0595. The van der Waals surface area contributed by atoms with Crippen molar-refractivity contribution in [3.8, 4) is 5.75 Å². The lowest BCUT2D eigenvalue weighted by molar-refractivity contribution is -0.757. The molecule has 1 aliphatic heterocycles. The Labute approximate surface area is 256 Å². The van der Waals surface area contributed by atoms with E-state index < -0.39 is 5.09 Å². The van der Waals surface area contributed by atoms with Gasteiger partial charge in [0.05, 0.1) is 19.8 Å². The zero-order valence-corrected chi connectivity index (χ0v) is 26.1. The van der Waals surface area contributed by atoms with Crippen LogP contribution in [0.2, 0.25) is 5.02 Å². The largest absolute Gasteiger partial charge is 0.493 e. The van der Waals surface area contributed by atoms with Gasteiger partial charge in [-0.15, -0.1) is 10.1 Å². The minimum absolute atomic E-state index is 0.105. The molecule has 2 fully saturated rings. The van der Waals surface area contributed by atoms with Gasteiger partial charge in [0.1, 0.15) is 5.75 Å². The van der Waals surface area contributed by atoms with Gasteiger partial charge in [-0.2, -0.15) is 0 Å². The molecule has 0 bridgehead atoms. The molecule has 0 radical (unpaired) electrons. The zero-order valence-electron chi connectivity index (χ0n) is 25.3. The fourth-order valence-corrected chi connectivity index (χ4v) is 5.16. The molecule has 2 aliphatic rings. The second kappa shape index (κ2) is 22.9. The number of benzene rings is 1. The highest BCUT2D eigenvalue weighted by Crippen LogP contribution is 2.25. The molecule has 1 aliphatic carbocycles. The Morgan fingerprint density at radius 1 is 1.00 bits per heavy atom. The van der Waals surface area contributed by atoms with E-state index >= 15 is 0 Å². The molecule has 1 saturated carbocycles. The molecule has 0 aromatic heterocycles. The van der Waals surface area contributed by atoms with Gasteiger partial charge in [-0.3, -0.25) is 4.79 Å². The number of ether oxygens (including phenoxy) is 2. The Hall–Kier alpha value is -2.62. The molecule has 236 valence electrons. The van der Waals surface area contributed by atoms with Crippen molar-refractivity contribution in [1.82, 2.24) is 9.80 Å². The van der Waals surface area contributed by atoms with Crippen molar-refractivity contribution in [3.05, 3.63) is 63.7 Å². The predicted octanol–water partition coefficient (Wildman–Crippen LogP) is 6.74. The van der Waals surface area contributed by atoms with Gasteiger partial charge in [-0.25, -0.2) is 0 Å². The van der Waals surface area contributed by atoms with E-state index in [0.29, 0.717) is 19.4 Å². The molecule has 1 heterocycles. The Morgan fingerprint density at radius 2 is 1.69 bits per heavy atom. The van der Waals surface area contributed by atoms with E-state index in [9.17, 15) is 14.9 Å². The summed E-state index contributed by atoms with van der Waals surface area (Å²) >= 11 is 5.88. The van der Waals surface area contributed by atoms with Crippen LogP contribution in [0.5, 0.6) is 5.75 Å². The summed E-state index contributed by atoms with van der Waals surface area (Å²) < 4.78 is 10.9. The van der Waals surface area contributed by atoms with E-state index in [4.69, 9.17) is 21.1 Å². The molecule has 42 heavy (non-hydrogen) atoms. The summed E-state index contributed by atoms with van der Waals surface area (Å²) in [5.74, 6) is 1.57. The molecule has 0 unspecified atom stereocenters. The van der Waals surface area contributed by atoms with Crippen molar-refractivity contribution in [3.63, 3.8) is 0 Å². The van der Waals surface area contributed by atoms with Crippen LogP contribution >= 0.6 is 11.6 Å². The number of halogens is 1. The third-order valence-electron chi connectivity index (χ3n) is 7.31. The maximum Gasteiger partial charge on any atom is 0.305 e. The van der Waals surface area contributed by atoms with Crippen LogP contribution in [0.3, 0.4) is 0 Å². The summed E-state index contributed by atoms with van der Waals surface area (Å²) in [6.45, 7) is 8.99. The number of nitrogens with zero attached hydrogens (tertiary/aromatic N) is 3. The number of hydrogen-bond donors (Lipinski definition) is 0. The third kappa shape index (κ3) is 18.0. The number of piperazine rings is 1. The number of esters is 1. The maximum absolute atomic E-state index is 11.5. The first-order valence-electron chi connectivity index (χ1n) is 15.5. The fraction of sp³-hybridized carbons (Fsp3) is 0.656. The lowest BCUT2D eigenvalue weighted by Crippen LogP contribution is -2.47. The zero-order chi connectivity index (χ0) is 30.3. The van der Waals surface area contributed by atoms with Crippen molar-refractivity contribution >= 4 is 17.6 Å². The number of hydrogen-bond acceptors (Lipinski definition) is 8. The van der Waals surface area contributed by atoms with Crippen molar-refractivity contribution in [2.45, 2.75) is 71.1 Å². The van der Waals surface area contributed by atoms with Crippen LogP contribution in [0.1, 0.15) is 71.1 Å². The first-order chi connectivity index (χ1) is 20.5. The average molecular weight is 608 g/mol. The highest BCUT2D eigenvalue weighted by molar-refractivity contribution is 6.30. The number of unbranched alkanes of at least 4 members (excludes halogenated alkanes) is 1. The van der Waals surface area contributed by atoms with Crippen molar-refractivity contribution < 1.29 is 24.2 Å². The van der Waals surface area contributed by atoms with Crippen LogP contribution < -0.4 is 4.74 Å². The topological polar surface area (TPSA) is 94.4 Å². The Kier molecular flexibility index (Phi) is 19.4. The number of allylic oxidation sites excluding steroid dienone is 3. The van der Waals surface area contributed by atoms with Gasteiger partial charge in [-0.05, 0) is 76.0 Å². The molecule has 1 aromatic rings. The van der Waals surface area contributed by atoms with Gasteiger partial charge in [0, 0.05) is 50.7 Å². The Balaban J connectivity index is 0.000000314. The van der Waals surface area contributed by atoms with Crippen molar-refractivity contribution in [2.24, 2.45) is 5.92 Å². The normalized spacial score (nSPS) is 16.4. The summed E-state index contributed by atoms with van der Waals surface area (Å²) in [5, 5.41) is 10.1. The lowest BCUT2D eigenvalue weighted by Gasteiger charge is -2.34. The van der Waals surface area contributed by atoms with Crippen LogP contribution in [0, 0.1) is 16.0 Å². The van der Waals surface area contributed by atoms with E-state index in [1.807, 2.05) is 37.3 Å². The van der Waals surface area contributed by atoms with Crippen LogP contribution in [0.25, 0.3) is 0 Å². The predicted molar refractivity (Wildman–Crippen MR) is 167 cm³/mol. The summed E-state index contributed by atoms with van der Waals surface area (Å²) in [7, 11) is 0. The SMILES string of the molecule is C/C=C\CCCC(=O)OCCCN1CCN(CCCO[N+](=O)[O-])CC1.Clc1cccc(OCC/C=C/C2CCCC2)c1. The number of rotatable bonds is 18. The summed E-state index contributed by atoms with van der Waals surface area (Å²) in [4.78, 5) is 30.6. The number of carbonyl (C=O) groups is 1. The van der Waals surface area contributed by atoms with Crippen molar-refractivity contribution in [1.29, 1.82) is 0 Å². The molecule has 9 nitrogen and oxygen atoms in total. The van der Waals surface area contributed by atoms with E-state index in [1.54, 1.807) is 0 Å². The molecular formula is C32H50ClN3O6. The molecule has 10 heteroatoms. The molecule has 0 atom stereocenters.